The van der Waals surface area contributed by atoms with E-state index in [-0.39, 0.29) is 36.4 Å². The zero-order chi connectivity index (χ0) is 19.5. The number of esters is 2. The third-order valence-corrected chi connectivity index (χ3v) is 4.58. The lowest BCUT2D eigenvalue weighted by molar-refractivity contribution is -0.205. The lowest BCUT2D eigenvalue weighted by atomic mass is 9.80. The summed E-state index contributed by atoms with van der Waals surface area (Å²) in [5.41, 5.74) is 1.20. The summed E-state index contributed by atoms with van der Waals surface area (Å²) in [4.78, 5) is 35.9. The van der Waals surface area contributed by atoms with Crippen molar-refractivity contribution in [1.82, 2.24) is 0 Å². The van der Waals surface area contributed by atoms with Crippen molar-refractivity contribution < 1.29 is 28.6 Å². The van der Waals surface area contributed by atoms with Gasteiger partial charge in [-0.15, -0.1) is 0 Å². The Morgan fingerprint density at radius 2 is 2.00 bits per heavy atom. The zero-order valence-electron chi connectivity index (χ0n) is 16.2. The van der Waals surface area contributed by atoms with E-state index in [0.29, 0.717) is 5.92 Å². The molecule has 0 aromatic heterocycles. The maximum Gasteiger partial charge on any atom is 0.337 e. The van der Waals surface area contributed by atoms with Gasteiger partial charge in [-0.3, -0.25) is 9.59 Å². The number of allylic oxidation sites excluding steroid dienone is 2. The second-order valence-electron chi connectivity index (χ2n) is 7.84. The molecule has 2 rings (SSSR count). The summed E-state index contributed by atoms with van der Waals surface area (Å²) in [5.74, 6) is -1.72. The van der Waals surface area contributed by atoms with E-state index in [1.165, 1.54) is 5.57 Å². The molecule has 0 saturated heterocycles. The van der Waals surface area contributed by atoms with Crippen molar-refractivity contribution in [3.63, 3.8) is 0 Å². The first kappa shape index (κ1) is 20.2. The summed E-state index contributed by atoms with van der Waals surface area (Å²) >= 11 is 0. The number of Topliss-reactive ketones (excluding diaryl/α,β-unsaturated/α-hetero) is 1. The average Bonchev–Trinajstić information content (AvgIpc) is 2.43. The lowest BCUT2D eigenvalue weighted by Crippen LogP contribution is -2.35. The molecular weight excluding hydrogens is 336 g/mol. The molecule has 0 amide bonds. The fourth-order valence-electron chi connectivity index (χ4n) is 3.35. The Labute approximate surface area is 154 Å². The van der Waals surface area contributed by atoms with E-state index in [0.717, 1.165) is 18.9 Å². The summed E-state index contributed by atoms with van der Waals surface area (Å²) in [7, 11) is 0. The quantitative estimate of drug-likeness (QED) is 0.408. The number of carbonyl (C=O) groups excluding carboxylic acids is 3. The van der Waals surface area contributed by atoms with Gasteiger partial charge in [-0.25, -0.2) is 4.79 Å². The third-order valence-electron chi connectivity index (χ3n) is 4.58. The van der Waals surface area contributed by atoms with Crippen LogP contribution in [0.3, 0.4) is 0 Å². The smallest absolute Gasteiger partial charge is 0.337 e. The number of carbonyl (C=O) groups is 3. The minimum atomic E-state index is -1.11. The highest BCUT2D eigenvalue weighted by Crippen LogP contribution is 2.31. The highest BCUT2D eigenvalue weighted by molar-refractivity contribution is 5.97. The van der Waals surface area contributed by atoms with Crippen molar-refractivity contribution in [2.45, 2.75) is 72.2 Å². The van der Waals surface area contributed by atoms with E-state index in [2.05, 4.69) is 13.8 Å². The Hall–Kier alpha value is -2.11. The van der Waals surface area contributed by atoms with Gasteiger partial charge in [0.1, 0.15) is 18.3 Å². The molecule has 1 aliphatic heterocycles. The fraction of sp³-hybridized carbons (Fsp3) is 0.650. The fourth-order valence-corrected chi connectivity index (χ4v) is 3.35. The van der Waals surface area contributed by atoms with Crippen LogP contribution in [0, 0.1) is 11.8 Å². The average molecular weight is 364 g/mol. The SMILES string of the molecule is CC1=C[C@@H](OC(=O)CC(=O)CC2=CC(=O)OC(C)(C)O2)[C@H](C(C)C)CC1. The van der Waals surface area contributed by atoms with Crippen molar-refractivity contribution >= 4 is 17.7 Å². The van der Waals surface area contributed by atoms with Crippen molar-refractivity contribution in [3.8, 4) is 0 Å². The maximum absolute atomic E-state index is 12.2. The Bertz CT molecular complexity index is 641. The molecule has 2 atom stereocenters. The van der Waals surface area contributed by atoms with Gasteiger partial charge in [0.15, 0.2) is 5.78 Å². The summed E-state index contributed by atoms with van der Waals surface area (Å²) < 4.78 is 16.0. The van der Waals surface area contributed by atoms with Crippen molar-refractivity contribution in [2.75, 3.05) is 0 Å². The van der Waals surface area contributed by atoms with E-state index in [1.807, 2.05) is 13.0 Å². The molecule has 0 N–H and O–H groups in total. The summed E-state index contributed by atoms with van der Waals surface area (Å²) in [6.07, 6.45) is 4.34. The van der Waals surface area contributed by atoms with Gasteiger partial charge in [0, 0.05) is 19.8 Å². The van der Waals surface area contributed by atoms with Crippen LogP contribution < -0.4 is 0 Å². The molecule has 0 radical (unpaired) electrons. The molecule has 0 fully saturated rings. The molecule has 6 nitrogen and oxygen atoms in total. The molecule has 0 saturated carbocycles. The topological polar surface area (TPSA) is 78.9 Å². The van der Waals surface area contributed by atoms with Gasteiger partial charge in [0.05, 0.1) is 12.5 Å². The number of hydrogen-bond acceptors (Lipinski definition) is 6. The van der Waals surface area contributed by atoms with Gasteiger partial charge in [-0.05, 0) is 31.8 Å². The third kappa shape index (κ3) is 5.71. The first-order valence-electron chi connectivity index (χ1n) is 9.07. The van der Waals surface area contributed by atoms with Crippen molar-refractivity contribution in [2.24, 2.45) is 11.8 Å². The van der Waals surface area contributed by atoms with Crippen LogP contribution in [0.1, 0.15) is 60.3 Å². The molecule has 1 aliphatic carbocycles. The predicted octanol–water partition coefficient (Wildman–Crippen LogP) is 3.45. The standard InChI is InChI=1S/C20H28O6/c1-12(2)16-7-6-13(3)8-17(16)24-18(22)10-14(21)9-15-11-19(23)26-20(4,5)25-15/h8,11-12,16-17H,6-7,9-10H2,1-5H3/t16-,17+/m0/s1. The Balaban J connectivity index is 1.92. The van der Waals surface area contributed by atoms with Gasteiger partial charge in [0.2, 0.25) is 5.79 Å². The van der Waals surface area contributed by atoms with Gasteiger partial charge in [-0.1, -0.05) is 19.4 Å². The largest absolute Gasteiger partial charge is 0.457 e. The lowest BCUT2D eigenvalue weighted by Gasteiger charge is -2.32. The highest BCUT2D eigenvalue weighted by Gasteiger charge is 2.32. The maximum atomic E-state index is 12.2. The molecule has 6 heteroatoms. The van der Waals surface area contributed by atoms with Crippen LogP contribution in [0.2, 0.25) is 0 Å². The number of ether oxygens (including phenoxy) is 3. The number of hydrogen-bond donors (Lipinski definition) is 0. The summed E-state index contributed by atoms with van der Waals surface area (Å²) in [6, 6.07) is 0. The number of rotatable bonds is 6. The van der Waals surface area contributed by atoms with Crippen LogP contribution in [0.15, 0.2) is 23.5 Å². The van der Waals surface area contributed by atoms with E-state index in [9.17, 15) is 14.4 Å². The first-order chi connectivity index (χ1) is 12.1. The van der Waals surface area contributed by atoms with E-state index in [4.69, 9.17) is 14.2 Å². The van der Waals surface area contributed by atoms with E-state index in [1.54, 1.807) is 13.8 Å². The molecule has 0 aromatic carbocycles. The van der Waals surface area contributed by atoms with E-state index >= 15 is 0 Å². The second kappa shape index (κ2) is 8.06. The van der Waals surface area contributed by atoms with E-state index < -0.39 is 17.7 Å². The second-order valence-corrected chi connectivity index (χ2v) is 7.84. The molecule has 0 unspecified atom stereocenters. The van der Waals surface area contributed by atoms with Crippen LogP contribution >= 0.6 is 0 Å². The van der Waals surface area contributed by atoms with Crippen LogP contribution in [-0.4, -0.2) is 29.6 Å². The zero-order valence-corrected chi connectivity index (χ0v) is 16.2. The Morgan fingerprint density at radius 3 is 2.62 bits per heavy atom. The number of cyclic esters (lactones) is 1. The minimum absolute atomic E-state index is 0.138. The predicted molar refractivity (Wildman–Crippen MR) is 94.8 cm³/mol. The number of ketones is 1. The van der Waals surface area contributed by atoms with Gasteiger partial charge >= 0.3 is 11.9 Å². The van der Waals surface area contributed by atoms with Crippen LogP contribution in [0.4, 0.5) is 0 Å². The minimum Gasteiger partial charge on any atom is -0.457 e. The molecule has 0 spiro atoms. The molecule has 0 bridgehead atoms. The van der Waals surface area contributed by atoms with Crippen molar-refractivity contribution in [3.05, 3.63) is 23.5 Å². The molecule has 0 aromatic rings. The molecule has 26 heavy (non-hydrogen) atoms. The van der Waals surface area contributed by atoms with Crippen molar-refractivity contribution in [1.29, 1.82) is 0 Å². The first-order valence-corrected chi connectivity index (χ1v) is 9.07. The van der Waals surface area contributed by atoms with Gasteiger partial charge < -0.3 is 14.2 Å². The Kier molecular flexibility index (Phi) is 6.26. The molecule has 1 heterocycles. The Morgan fingerprint density at radius 1 is 1.31 bits per heavy atom. The highest BCUT2D eigenvalue weighted by atomic mass is 16.7. The van der Waals surface area contributed by atoms with Gasteiger partial charge in [0.25, 0.3) is 0 Å². The van der Waals surface area contributed by atoms with Gasteiger partial charge in [-0.2, -0.15) is 0 Å². The summed E-state index contributed by atoms with van der Waals surface area (Å²) in [6.45, 7) is 9.41. The monoisotopic (exact) mass is 364 g/mol. The molecule has 2 aliphatic rings. The molecular formula is C20H28O6. The normalized spacial score (nSPS) is 24.9. The summed E-state index contributed by atoms with van der Waals surface area (Å²) in [5, 5.41) is 0. The van der Waals surface area contributed by atoms with Crippen LogP contribution in [0.5, 0.6) is 0 Å². The van der Waals surface area contributed by atoms with Crippen LogP contribution in [0.25, 0.3) is 0 Å². The van der Waals surface area contributed by atoms with Crippen LogP contribution in [-0.2, 0) is 28.6 Å². The molecule has 144 valence electrons.